The Balaban J connectivity index is 1.84. The fraction of sp³-hybridized carbons (Fsp3) is 0.556. The highest BCUT2D eigenvalue weighted by molar-refractivity contribution is 7.11. The van der Waals surface area contributed by atoms with E-state index in [1.165, 1.54) is 17.7 Å². The number of guanidine groups is 1. The van der Waals surface area contributed by atoms with Crippen LogP contribution in [0.4, 0.5) is 0 Å². The lowest BCUT2D eigenvalue weighted by Gasteiger charge is -2.01. The van der Waals surface area contributed by atoms with Gasteiger partial charge in [0, 0.05) is 17.1 Å². The first kappa shape index (κ1) is 9.45. The van der Waals surface area contributed by atoms with Crippen LogP contribution in [-0.2, 0) is 6.54 Å². The number of thiazole rings is 1. The van der Waals surface area contributed by atoms with Crippen LogP contribution in [0, 0.1) is 6.92 Å². The highest BCUT2D eigenvalue weighted by atomic mass is 32.1. The van der Waals surface area contributed by atoms with Crippen molar-refractivity contribution in [2.24, 2.45) is 10.7 Å². The fourth-order valence-electron chi connectivity index (χ4n) is 1.11. The van der Waals surface area contributed by atoms with Crippen molar-refractivity contribution in [3.63, 3.8) is 0 Å². The van der Waals surface area contributed by atoms with Gasteiger partial charge in [-0.2, -0.15) is 0 Å². The largest absolute Gasteiger partial charge is 0.370 e. The van der Waals surface area contributed by atoms with Gasteiger partial charge in [0.15, 0.2) is 5.96 Å². The lowest BCUT2D eigenvalue weighted by Crippen LogP contribution is -2.33. The minimum Gasteiger partial charge on any atom is -0.370 e. The van der Waals surface area contributed by atoms with E-state index in [4.69, 9.17) is 5.73 Å². The van der Waals surface area contributed by atoms with Crippen molar-refractivity contribution in [3.8, 4) is 0 Å². The summed E-state index contributed by atoms with van der Waals surface area (Å²) in [6, 6.07) is 0.566. The number of hydrogen-bond acceptors (Lipinski definition) is 3. The number of aliphatic imine (C=N–C) groups is 1. The third-order valence-corrected chi connectivity index (χ3v) is 2.88. The van der Waals surface area contributed by atoms with Gasteiger partial charge >= 0.3 is 0 Å². The summed E-state index contributed by atoms with van der Waals surface area (Å²) in [6.45, 7) is 2.63. The zero-order valence-corrected chi connectivity index (χ0v) is 8.97. The molecule has 2 rings (SSSR count). The predicted octanol–water partition coefficient (Wildman–Crippen LogP) is 1.02. The molecule has 76 valence electrons. The second kappa shape index (κ2) is 3.96. The standard InChI is InChI=1S/C9H14N4S/c1-6-4-11-8(14-6)5-12-9(10)13-7-2-3-7/h4,7H,2-3,5H2,1H3,(H3,10,12,13). The highest BCUT2D eigenvalue weighted by Gasteiger charge is 2.21. The summed E-state index contributed by atoms with van der Waals surface area (Å²) in [5.41, 5.74) is 5.69. The zero-order chi connectivity index (χ0) is 9.97. The molecule has 5 heteroatoms. The maximum absolute atomic E-state index is 5.69. The molecule has 0 atom stereocenters. The van der Waals surface area contributed by atoms with Gasteiger partial charge in [0.1, 0.15) is 5.01 Å². The molecule has 1 aromatic rings. The Morgan fingerprint density at radius 2 is 2.57 bits per heavy atom. The number of rotatable bonds is 3. The monoisotopic (exact) mass is 210 g/mol. The van der Waals surface area contributed by atoms with Crippen molar-refractivity contribution in [3.05, 3.63) is 16.1 Å². The summed E-state index contributed by atoms with van der Waals surface area (Å²) in [5, 5.41) is 4.15. The van der Waals surface area contributed by atoms with E-state index in [0.29, 0.717) is 18.5 Å². The molecule has 1 saturated carbocycles. The lowest BCUT2D eigenvalue weighted by atomic mass is 10.6. The first-order valence-corrected chi connectivity index (χ1v) is 5.53. The molecule has 1 aliphatic rings. The maximum atomic E-state index is 5.69. The Labute approximate surface area is 87.3 Å². The number of nitrogens with two attached hydrogens (primary N) is 1. The molecule has 3 N–H and O–H groups in total. The van der Waals surface area contributed by atoms with Gasteiger partial charge in [-0.25, -0.2) is 9.98 Å². The number of aryl methyl sites for hydroxylation is 1. The predicted molar refractivity (Wildman–Crippen MR) is 58.3 cm³/mol. The average Bonchev–Trinajstić information content (AvgIpc) is 2.85. The van der Waals surface area contributed by atoms with E-state index in [1.54, 1.807) is 11.3 Å². The Morgan fingerprint density at radius 1 is 1.79 bits per heavy atom. The maximum Gasteiger partial charge on any atom is 0.189 e. The van der Waals surface area contributed by atoms with Crippen molar-refractivity contribution in [1.82, 2.24) is 10.3 Å². The summed E-state index contributed by atoms with van der Waals surface area (Å²) in [5.74, 6) is 0.542. The third kappa shape index (κ3) is 2.70. The van der Waals surface area contributed by atoms with Gasteiger partial charge in [0.2, 0.25) is 0 Å². The fourth-order valence-corrected chi connectivity index (χ4v) is 1.82. The summed E-state index contributed by atoms with van der Waals surface area (Å²) < 4.78 is 0. The first-order valence-electron chi connectivity index (χ1n) is 4.72. The van der Waals surface area contributed by atoms with E-state index in [1.807, 2.05) is 13.1 Å². The van der Waals surface area contributed by atoms with Crippen molar-refractivity contribution in [2.45, 2.75) is 32.4 Å². The molecule has 0 aromatic carbocycles. The Bertz CT molecular complexity index is 340. The molecule has 0 radical (unpaired) electrons. The summed E-state index contributed by atoms with van der Waals surface area (Å²) in [4.78, 5) is 9.64. The number of hydrogen-bond donors (Lipinski definition) is 2. The molecule has 0 amide bonds. The van der Waals surface area contributed by atoms with Crippen LogP contribution in [0.5, 0.6) is 0 Å². The number of nitrogens with one attached hydrogen (secondary N) is 1. The molecule has 1 fully saturated rings. The van der Waals surface area contributed by atoms with Crippen LogP contribution < -0.4 is 11.1 Å². The third-order valence-electron chi connectivity index (χ3n) is 1.98. The molecular weight excluding hydrogens is 196 g/mol. The van der Waals surface area contributed by atoms with Crippen LogP contribution in [-0.4, -0.2) is 17.0 Å². The smallest absolute Gasteiger partial charge is 0.189 e. The van der Waals surface area contributed by atoms with Gasteiger partial charge in [-0.15, -0.1) is 11.3 Å². The SMILES string of the molecule is Cc1cnc(CN=C(N)NC2CC2)s1. The van der Waals surface area contributed by atoms with Crippen LogP contribution in [0.25, 0.3) is 0 Å². The molecule has 1 aliphatic carbocycles. The Kier molecular flexibility index (Phi) is 2.67. The van der Waals surface area contributed by atoms with Crippen LogP contribution in [0.2, 0.25) is 0 Å². The van der Waals surface area contributed by atoms with Gasteiger partial charge in [0.25, 0.3) is 0 Å². The summed E-state index contributed by atoms with van der Waals surface area (Å²) in [7, 11) is 0. The van der Waals surface area contributed by atoms with Gasteiger partial charge in [-0.1, -0.05) is 0 Å². The van der Waals surface area contributed by atoms with Gasteiger partial charge in [-0.05, 0) is 19.8 Å². The summed E-state index contributed by atoms with van der Waals surface area (Å²) >= 11 is 1.66. The average molecular weight is 210 g/mol. The lowest BCUT2D eigenvalue weighted by molar-refractivity contribution is 0.877. The highest BCUT2D eigenvalue weighted by Crippen LogP contribution is 2.18. The van der Waals surface area contributed by atoms with E-state index in [-0.39, 0.29) is 0 Å². The van der Waals surface area contributed by atoms with E-state index >= 15 is 0 Å². The van der Waals surface area contributed by atoms with Crippen LogP contribution in [0.1, 0.15) is 22.7 Å². The first-order chi connectivity index (χ1) is 6.74. The molecule has 0 unspecified atom stereocenters. The van der Waals surface area contributed by atoms with E-state index in [0.717, 1.165) is 5.01 Å². The van der Waals surface area contributed by atoms with E-state index in [9.17, 15) is 0 Å². The number of nitrogens with zero attached hydrogens (tertiary/aromatic N) is 2. The molecule has 0 spiro atoms. The van der Waals surface area contributed by atoms with Crippen molar-refractivity contribution in [2.75, 3.05) is 0 Å². The van der Waals surface area contributed by atoms with Crippen molar-refractivity contribution >= 4 is 17.3 Å². The molecule has 0 saturated heterocycles. The normalized spacial score (nSPS) is 17.1. The molecule has 1 heterocycles. The van der Waals surface area contributed by atoms with Crippen molar-refractivity contribution in [1.29, 1.82) is 0 Å². The van der Waals surface area contributed by atoms with Crippen LogP contribution in [0.15, 0.2) is 11.2 Å². The molecule has 14 heavy (non-hydrogen) atoms. The zero-order valence-electron chi connectivity index (χ0n) is 8.16. The molecule has 0 bridgehead atoms. The second-order valence-corrected chi connectivity index (χ2v) is 4.80. The van der Waals surface area contributed by atoms with Gasteiger partial charge in [-0.3, -0.25) is 0 Å². The van der Waals surface area contributed by atoms with Crippen molar-refractivity contribution < 1.29 is 0 Å². The summed E-state index contributed by atoms with van der Waals surface area (Å²) in [6.07, 6.45) is 4.29. The minimum atomic E-state index is 0.542. The Hall–Kier alpha value is -1.10. The van der Waals surface area contributed by atoms with E-state index < -0.39 is 0 Å². The van der Waals surface area contributed by atoms with Gasteiger partial charge in [0.05, 0.1) is 6.54 Å². The van der Waals surface area contributed by atoms with Gasteiger partial charge < -0.3 is 11.1 Å². The number of aromatic nitrogens is 1. The van der Waals surface area contributed by atoms with Crippen LogP contribution in [0.3, 0.4) is 0 Å². The minimum absolute atomic E-state index is 0.542. The molecule has 4 nitrogen and oxygen atoms in total. The second-order valence-electron chi connectivity index (χ2n) is 3.48. The Morgan fingerprint density at radius 3 is 3.14 bits per heavy atom. The molecule has 1 aromatic heterocycles. The molecule has 0 aliphatic heterocycles. The van der Waals surface area contributed by atoms with Crippen LogP contribution >= 0.6 is 11.3 Å². The quantitative estimate of drug-likeness (QED) is 0.578. The molecular formula is C9H14N4S. The van der Waals surface area contributed by atoms with E-state index in [2.05, 4.69) is 15.3 Å². The topological polar surface area (TPSA) is 63.3 Å².